The maximum absolute atomic E-state index is 11.7. The van der Waals surface area contributed by atoms with Gasteiger partial charge in [0, 0.05) is 17.8 Å². The van der Waals surface area contributed by atoms with E-state index in [1.165, 1.54) is 18.3 Å². The Morgan fingerprint density at radius 3 is 2.69 bits per heavy atom. The van der Waals surface area contributed by atoms with E-state index in [1.54, 1.807) is 20.8 Å². The third-order valence-electron chi connectivity index (χ3n) is 2.52. The van der Waals surface area contributed by atoms with Crippen molar-refractivity contribution in [2.45, 2.75) is 32.4 Å². The minimum Gasteiger partial charge on any atom is -0.391 e. The third kappa shape index (κ3) is 2.93. The number of rotatable bonds is 3. The summed E-state index contributed by atoms with van der Waals surface area (Å²) < 4.78 is 0. The normalized spacial score (nSPS) is 13.2. The molecule has 0 radical (unpaired) electrons. The van der Waals surface area contributed by atoms with Crippen molar-refractivity contribution >= 4 is 5.91 Å². The topological polar surface area (TPSA) is 82.2 Å². The number of hydrogen-bond donors (Lipinski definition) is 3. The summed E-state index contributed by atoms with van der Waals surface area (Å²) >= 11 is 0. The fourth-order valence-electron chi connectivity index (χ4n) is 1.06. The average molecular weight is 224 g/mol. The lowest BCUT2D eigenvalue weighted by Crippen LogP contribution is -2.51. The average Bonchev–Trinajstić information content (AvgIpc) is 2.16. The first-order chi connectivity index (χ1) is 7.33. The van der Waals surface area contributed by atoms with Crippen LogP contribution in [0.3, 0.4) is 0 Å². The zero-order valence-corrected chi connectivity index (χ0v) is 9.57. The van der Waals surface area contributed by atoms with Crippen LogP contribution in [0.5, 0.6) is 0 Å². The van der Waals surface area contributed by atoms with Crippen LogP contribution in [0.2, 0.25) is 0 Å². The van der Waals surface area contributed by atoms with Crippen LogP contribution < -0.4 is 10.9 Å². The number of H-pyrrole nitrogens is 1. The van der Waals surface area contributed by atoms with E-state index in [-0.39, 0.29) is 17.0 Å². The van der Waals surface area contributed by atoms with Gasteiger partial charge in [-0.3, -0.25) is 9.59 Å². The molecule has 88 valence electrons. The van der Waals surface area contributed by atoms with Gasteiger partial charge in [0.15, 0.2) is 0 Å². The number of carbonyl (C=O) groups excluding carboxylic acids is 1. The third-order valence-corrected chi connectivity index (χ3v) is 2.52. The van der Waals surface area contributed by atoms with Crippen LogP contribution in [0, 0.1) is 0 Å². The van der Waals surface area contributed by atoms with Crippen molar-refractivity contribution in [3.63, 3.8) is 0 Å². The van der Waals surface area contributed by atoms with Crippen molar-refractivity contribution in [1.82, 2.24) is 10.3 Å². The molecule has 0 spiro atoms. The van der Waals surface area contributed by atoms with Crippen molar-refractivity contribution in [3.8, 4) is 0 Å². The summed E-state index contributed by atoms with van der Waals surface area (Å²) in [5.41, 5.74) is -0.792. The Hall–Kier alpha value is -1.62. The molecular formula is C11H16N2O3. The molecule has 1 aromatic heterocycles. The van der Waals surface area contributed by atoms with Gasteiger partial charge in [0.25, 0.3) is 5.91 Å². The molecule has 1 rings (SSSR count). The fourth-order valence-corrected chi connectivity index (χ4v) is 1.06. The highest BCUT2D eigenvalue weighted by molar-refractivity contribution is 5.94. The lowest BCUT2D eigenvalue weighted by Gasteiger charge is -2.29. The number of nitrogens with one attached hydrogen (secondary N) is 2. The van der Waals surface area contributed by atoms with Crippen molar-refractivity contribution in [3.05, 3.63) is 34.2 Å². The summed E-state index contributed by atoms with van der Waals surface area (Å²) in [6, 6.07) is 2.72. The molecule has 1 unspecified atom stereocenters. The Morgan fingerprint density at radius 1 is 1.56 bits per heavy atom. The van der Waals surface area contributed by atoms with Gasteiger partial charge < -0.3 is 15.4 Å². The number of aromatic nitrogens is 1. The zero-order valence-electron chi connectivity index (χ0n) is 9.57. The van der Waals surface area contributed by atoms with Gasteiger partial charge in [-0.05, 0) is 26.8 Å². The summed E-state index contributed by atoms with van der Waals surface area (Å²) in [6.45, 7) is 5.02. The second-order valence-corrected chi connectivity index (χ2v) is 4.29. The first-order valence-electron chi connectivity index (χ1n) is 5.02. The molecule has 5 heteroatoms. The summed E-state index contributed by atoms with van der Waals surface area (Å²) in [6.07, 6.45) is 0.727. The Balaban J connectivity index is 2.85. The van der Waals surface area contributed by atoms with Gasteiger partial charge in [-0.2, -0.15) is 0 Å². The van der Waals surface area contributed by atoms with Crippen LogP contribution in [0.15, 0.2) is 23.1 Å². The maximum Gasteiger partial charge on any atom is 0.252 e. The van der Waals surface area contributed by atoms with E-state index in [0.717, 1.165) is 0 Å². The summed E-state index contributed by atoms with van der Waals surface area (Å²) in [5, 5.41) is 12.1. The fraction of sp³-hybridized carbons (Fsp3) is 0.455. The Morgan fingerprint density at radius 2 is 2.19 bits per heavy atom. The van der Waals surface area contributed by atoms with Crippen LogP contribution in [0.4, 0.5) is 0 Å². The van der Waals surface area contributed by atoms with Crippen LogP contribution in [-0.4, -0.2) is 27.6 Å². The van der Waals surface area contributed by atoms with Crippen LogP contribution >= 0.6 is 0 Å². The number of pyridine rings is 1. The quantitative estimate of drug-likeness (QED) is 0.689. The molecule has 0 aliphatic carbocycles. The summed E-state index contributed by atoms with van der Waals surface area (Å²) in [4.78, 5) is 25.2. The van der Waals surface area contributed by atoms with E-state index < -0.39 is 11.6 Å². The van der Waals surface area contributed by atoms with Crippen molar-refractivity contribution in [1.29, 1.82) is 0 Å². The van der Waals surface area contributed by atoms with E-state index in [9.17, 15) is 14.7 Å². The lowest BCUT2D eigenvalue weighted by molar-refractivity contribution is 0.0709. The van der Waals surface area contributed by atoms with Gasteiger partial charge in [-0.1, -0.05) is 0 Å². The predicted molar refractivity (Wildman–Crippen MR) is 60.3 cm³/mol. The molecular weight excluding hydrogens is 208 g/mol. The van der Waals surface area contributed by atoms with Crippen LogP contribution in [0.25, 0.3) is 0 Å². The molecule has 1 aromatic rings. The van der Waals surface area contributed by atoms with Crippen molar-refractivity contribution in [2.75, 3.05) is 0 Å². The van der Waals surface area contributed by atoms with Gasteiger partial charge in [0.2, 0.25) is 5.56 Å². The summed E-state index contributed by atoms with van der Waals surface area (Å²) in [7, 11) is 0. The molecule has 0 saturated heterocycles. The van der Waals surface area contributed by atoms with Crippen LogP contribution in [-0.2, 0) is 0 Å². The largest absolute Gasteiger partial charge is 0.391 e. The molecule has 0 aliphatic rings. The van der Waals surface area contributed by atoms with Gasteiger partial charge >= 0.3 is 0 Å². The van der Waals surface area contributed by atoms with Crippen LogP contribution in [0.1, 0.15) is 31.1 Å². The van der Waals surface area contributed by atoms with E-state index in [4.69, 9.17) is 0 Å². The smallest absolute Gasteiger partial charge is 0.252 e. The first-order valence-corrected chi connectivity index (χ1v) is 5.02. The number of aliphatic hydroxyl groups is 1. The molecule has 1 atom stereocenters. The Kier molecular flexibility index (Phi) is 3.49. The Bertz CT molecular complexity index is 435. The molecule has 1 amide bonds. The molecule has 3 N–H and O–H groups in total. The Labute approximate surface area is 93.5 Å². The first kappa shape index (κ1) is 12.4. The predicted octanol–water partition coefficient (Wildman–Crippen LogP) is 0.264. The highest BCUT2D eigenvalue weighted by Gasteiger charge is 2.26. The molecule has 0 saturated carbocycles. The maximum atomic E-state index is 11.7. The molecule has 1 heterocycles. The van der Waals surface area contributed by atoms with E-state index in [0.29, 0.717) is 0 Å². The molecule has 0 aromatic carbocycles. The number of amides is 1. The second-order valence-electron chi connectivity index (χ2n) is 4.29. The highest BCUT2D eigenvalue weighted by atomic mass is 16.3. The SMILES string of the molecule is CC(O)C(C)(C)NC(=O)c1cc[nH]c(=O)c1. The molecule has 16 heavy (non-hydrogen) atoms. The van der Waals surface area contributed by atoms with Gasteiger partial charge in [0.05, 0.1) is 11.6 Å². The van der Waals surface area contributed by atoms with E-state index in [2.05, 4.69) is 10.3 Å². The zero-order chi connectivity index (χ0) is 12.3. The second kappa shape index (κ2) is 4.49. The number of aromatic amines is 1. The lowest BCUT2D eigenvalue weighted by atomic mass is 9.98. The molecule has 0 bridgehead atoms. The number of hydrogen-bond acceptors (Lipinski definition) is 3. The van der Waals surface area contributed by atoms with Crippen molar-refractivity contribution < 1.29 is 9.90 Å². The van der Waals surface area contributed by atoms with Gasteiger partial charge in [-0.15, -0.1) is 0 Å². The van der Waals surface area contributed by atoms with E-state index in [1.807, 2.05) is 0 Å². The molecule has 0 fully saturated rings. The summed E-state index contributed by atoms with van der Waals surface area (Å²) in [5.74, 6) is -0.378. The number of carbonyl (C=O) groups is 1. The minimum absolute atomic E-state index is 0.275. The minimum atomic E-state index is -0.736. The number of aliphatic hydroxyl groups excluding tert-OH is 1. The standard InChI is InChI=1S/C11H16N2O3/c1-7(14)11(2,3)13-10(16)8-4-5-12-9(15)6-8/h4-7,14H,1-3H3,(H,12,15)(H,13,16). The van der Waals surface area contributed by atoms with Gasteiger partial charge in [-0.25, -0.2) is 0 Å². The van der Waals surface area contributed by atoms with Gasteiger partial charge in [0.1, 0.15) is 0 Å². The van der Waals surface area contributed by atoms with Crippen molar-refractivity contribution in [2.24, 2.45) is 0 Å². The monoisotopic (exact) mass is 224 g/mol. The van der Waals surface area contributed by atoms with E-state index >= 15 is 0 Å². The molecule has 5 nitrogen and oxygen atoms in total. The molecule has 0 aliphatic heterocycles. The highest BCUT2D eigenvalue weighted by Crippen LogP contribution is 2.09.